The molecule has 3 N–H and O–H groups in total. The second-order valence-electron chi connectivity index (χ2n) is 5.90. The summed E-state index contributed by atoms with van der Waals surface area (Å²) in [6.45, 7) is 8.93. The van der Waals surface area contributed by atoms with E-state index in [1.54, 1.807) is 0 Å². The Hall–Kier alpha value is -0.570. The molecule has 0 aromatic heterocycles. The zero-order valence-electron chi connectivity index (χ0n) is 10.3. The van der Waals surface area contributed by atoms with Gasteiger partial charge in [-0.25, -0.2) is 0 Å². The van der Waals surface area contributed by atoms with Gasteiger partial charge >= 0.3 is 0 Å². The van der Waals surface area contributed by atoms with Crippen LogP contribution >= 0.6 is 0 Å². The van der Waals surface area contributed by atoms with Crippen molar-refractivity contribution < 1.29 is 4.79 Å². The fourth-order valence-corrected chi connectivity index (χ4v) is 1.60. The van der Waals surface area contributed by atoms with E-state index in [2.05, 4.69) is 12.2 Å². The Morgan fingerprint density at radius 3 is 2.40 bits per heavy atom. The van der Waals surface area contributed by atoms with E-state index in [1.165, 1.54) is 12.8 Å². The first-order valence-electron chi connectivity index (χ1n) is 5.85. The predicted molar refractivity (Wildman–Crippen MR) is 62.3 cm³/mol. The van der Waals surface area contributed by atoms with E-state index in [4.69, 9.17) is 5.73 Å². The standard InChI is InChI=1S/C12H24N2O/c1-8(9-5-6-9)7-14-11(15)10(13)12(2,3)4/h8-10H,5-7,13H2,1-4H3,(H,14,15). The van der Waals surface area contributed by atoms with E-state index in [0.717, 1.165) is 12.5 Å². The molecule has 88 valence electrons. The predicted octanol–water partition coefficient (Wildman–Crippen LogP) is 1.52. The first-order chi connectivity index (χ1) is 6.82. The van der Waals surface area contributed by atoms with Crippen LogP contribution in [0.2, 0.25) is 0 Å². The first kappa shape index (κ1) is 12.5. The molecule has 3 nitrogen and oxygen atoms in total. The monoisotopic (exact) mass is 212 g/mol. The average Bonchev–Trinajstić information content (AvgIpc) is 2.93. The Kier molecular flexibility index (Phi) is 3.77. The fraction of sp³-hybridized carbons (Fsp3) is 0.917. The highest BCUT2D eigenvalue weighted by Gasteiger charge is 2.30. The third-order valence-corrected chi connectivity index (χ3v) is 3.24. The van der Waals surface area contributed by atoms with Gasteiger partial charge in [-0.2, -0.15) is 0 Å². The molecule has 1 aliphatic carbocycles. The van der Waals surface area contributed by atoms with E-state index in [0.29, 0.717) is 5.92 Å². The molecule has 1 amide bonds. The van der Waals surface area contributed by atoms with Crippen molar-refractivity contribution in [3.63, 3.8) is 0 Å². The van der Waals surface area contributed by atoms with Gasteiger partial charge in [-0.3, -0.25) is 4.79 Å². The Bertz CT molecular complexity index is 228. The van der Waals surface area contributed by atoms with Crippen LogP contribution in [0.4, 0.5) is 0 Å². The summed E-state index contributed by atoms with van der Waals surface area (Å²) in [5, 5.41) is 2.95. The van der Waals surface area contributed by atoms with Crippen molar-refractivity contribution >= 4 is 5.91 Å². The van der Waals surface area contributed by atoms with Gasteiger partial charge < -0.3 is 11.1 Å². The number of carbonyl (C=O) groups is 1. The maximum absolute atomic E-state index is 11.7. The number of rotatable bonds is 4. The largest absolute Gasteiger partial charge is 0.354 e. The number of hydrogen-bond donors (Lipinski definition) is 2. The lowest BCUT2D eigenvalue weighted by atomic mass is 9.87. The quantitative estimate of drug-likeness (QED) is 0.742. The van der Waals surface area contributed by atoms with Crippen LogP contribution in [0.25, 0.3) is 0 Å². The van der Waals surface area contributed by atoms with E-state index in [1.807, 2.05) is 20.8 Å². The molecule has 1 saturated carbocycles. The zero-order valence-corrected chi connectivity index (χ0v) is 10.3. The van der Waals surface area contributed by atoms with Gasteiger partial charge in [0, 0.05) is 6.54 Å². The molecule has 0 aliphatic heterocycles. The minimum atomic E-state index is -0.413. The van der Waals surface area contributed by atoms with Gasteiger partial charge in [-0.05, 0) is 30.1 Å². The molecule has 1 rings (SSSR count). The zero-order chi connectivity index (χ0) is 11.6. The lowest BCUT2D eigenvalue weighted by molar-refractivity contribution is -0.124. The number of nitrogens with two attached hydrogens (primary N) is 1. The minimum absolute atomic E-state index is 0.0185. The number of hydrogen-bond acceptors (Lipinski definition) is 2. The van der Waals surface area contributed by atoms with Gasteiger partial charge in [0.25, 0.3) is 0 Å². The first-order valence-corrected chi connectivity index (χ1v) is 5.85. The fourth-order valence-electron chi connectivity index (χ4n) is 1.60. The molecule has 1 fully saturated rings. The highest BCUT2D eigenvalue weighted by Crippen LogP contribution is 2.36. The SMILES string of the molecule is CC(CNC(=O)C(N)C(C)(C)C)C1CC1. The lowest BCUT2D eigenvalue weighted by Gasteiger charge is -2.26. The summed E-state index contributed by atoms with van der Waals surface area (Å²) in [5.74, 6) is 1.41. The van der Waals surface area contributed by atoms with Crippen LogP contribution in [0, 0.1) is 17.3 Å². The molecule has 2 atom stereocenters. The van der Waals surface area contributed by atoms with E-state index in [9.17, 15) is 4.79 Å². The number of amides is 1. The summed E-state index contributed by atoms with van der Waals surface area (Å²) < 4.78 is 0. The van der Waals surface area contributed by atoms with Crippen LogP contribution < -0.4 is 11.1 Å². The van der Waals surface area contributed by atoms with Crippen molar-refractivity contribution in [3.05, 3.63) is 0 Å². The van der Waals surface area contributed by atoms with Gasteiger partial charge in [-0.15, -0.1) is 0 Å². The normalized spacial score (nSPS) is 20.9. The minimum Gasteiger partial charge on any atom is -0.354 e. The third kappa shape index (κ3) is 3.82. The Balaban J connectivity index is 2.28. The maximum atomic E-state index is 11.7. The van der Waals surface area contributed by atoms with E-state index >= 15 is 0 Å². The molecule has 0 saturated heterocycles. The molecule has 1 aliphatic rings. The smallest absolute Gasteiger partial charge is 0.237 e. The lowest BCUT2D eigenvalue weighted by Crippen LogP contribution is -2.49. The van der Waals surface area contributed by atoms with Crippen molar-refractivity contribution in [3.8, 4) is 0 Å². The van der Waals surface area contributed by atoms with Crippen LogP contribution in [-0.2, 0) is 4.79 Å². The summed E-state index contributed by atoms with van der Waals surface area (Å²) in [6.07, 6.45) is 2.64. The summed E-state index contributed by atoms with van der Waals surface area (Å²) in [4.78, 5) is 11.7. The summed E-state index contributed by atoms with van der Waals surface area (Å²) in [5.41, 5.74) is 5.70. The molecule has 0 aromatic rings. The number of carbonyl (C=O) groups excluding carboxylic acids is 1. The van der Waals surface area contributed by atoms with Gasteiger partial charge in [-0.1, -0.05) is 27.7 Å². The summed E-state index contributed by atoms with van der Waals surface area (Å²) in [7, 11) is 0. The Morgan fingerprint density at radius 1 is 1.47 bits per heavy atom. The molecule has 15 heavy (non-hydrogen) atoms. The Morgan fingerprint density at radius 2 is 2.00 bits per heavy atom. The van der Waals surface area contributed by atoms with Gasteiger partial charge in [0.1, 0.15) is 0 Å². The van der Waals surface area contributed by atoms with Crippen molar-refractivity contribution in [2.45, 2.75) is 46.6 Å². The topological polar surface area (TPSA) is 55.1 Å². The molecule has 0 spiro atoms. The molecule has 0 radical (unpaired) electrons. The third-order valence-electron chi connectivity index (χ3n) is 3.24. The highest BCUT2D eigenvalue weighted by atomic mass is 16.2. The van der Waals surface area contributed by atoms with Crippen LogP contribution in [0.3, 0.4) is 0 Å². The molecular formula is C12H24N2O. The van der Waals surface area contributed by atoms with Crippen LogP contribution in [0.1, 0.15) is 40.5 Å². The second-order valence-corrected chi connectivity index (χ2v) is 5.90. The van der Waals surface area contributed by atoms with Gasteiger partial charge in [0.2, 0.25) is 5.91 Å². The summed E-state index contributed by atoms with van der Waals surface area (Å²) >= 11 is 0. The average molecular weight is 212 g/mol. The molecular weight excluding hydrogens is 188 g/mol. The van der Waals surface area contributed by atoms with E-state index in [-0.39, 0.29) is 11.3 Å². The maximum Gasteiger partial charge on any atom is 0.237 e. The second kappa shape index (κ2) is 4.52. The molecule has 2 unspecified atom stereocenters. The summed E-state index contributed by atoms with van der Waals surface area (Å²) in [6, 6.07) is -0.413. The van der Waals surface area contributed by atoms with Crippen LogP contribution in [0.15, 0.2) is 0 Å². The van der Waals surface area contributed by atoms with Crippen LogP contribution in [0.5, 0.6) is 0 Å². The van der Waals surface area contributed by atoms with Crippen molar-refractivity contribution in [1.82, 2.24) is 5.32 Å². The molecule has 3 heteroatoms. The van der Waals surface area contributed by atoms with Crippen molar-refractivity contribution in [2.24, 2.45) is 23.0 Å². The van der Waals surface area contributed by atoms with Crippen molar-refractivity contribution in [1.29, 1.82) is 0 Å². The number of nitrogens with one attached hydrogen (secondary N) is 1. The van der Waals surface area contributed by atoms with Crippen LogP contribution in [-0.4, -0.2) is 18.5 Å². The van der Waals surface area contributed by atoms with Gasteiger partial charge in [0.15, 0.2) is 0 Å². The molecule has 0 heterocycles. The Labute approximate surface area is 92.8 Å². The highest BCUT2D eigenvalue weighted by molar-refractivity contribution is 5.82. The van der Waals surface area contributed by atoms with E-state index < -0.39 is 6.04 Å². The molecule has 0 aromatic carbocycles. The van der Waals surface area contributed by atoms with Gasteiger partial charge in [0.05, 0.1) is 6.04 Å². The molecule has 0 bridgehead atoms. The van der Waals surface area contributed by atoms with Crippen molar-refractivity contribution in [2.75, 3.05) is 6.54 Å².